The molecule has 0 bridgehead atoms. The highest BCUT2D eigenvalue weighted by Crippen LogP contribution is 2.15. The molecule has 0 atom stereocenters. The number of halogens is 1. The number of nitrogens with one attached hydrogen (secondary N) is 1. The Morgan fingerprint density at radius 1 is 1.26 bits per heavy atom. The standard InChI is InChI=1S/C16H16ClN5O/c1-2-8-21-9-7-15(20-21)16(23)19-13-3-5-14(6-4-13)22-11-12(17)10-18-22/h3-7,9-11H,2,8H2,1H3,(H,19,23). The Hall–Kier alpha value is -2.60. The minimum atomic E-state index is -0.227. The van der Waals surface area contributed by atoms with Crippen LogP contribution in [0.2, 0.25) is 5.02 Å². The highest BCUT2D eigenvalue weighted by molar-refractivity contribution is 6.30. The third-order valence-electron chi connectivity index (χ3n) is 3.27. The van der Waals surface area contributed by atoms with Crippen molar-refractivity contribution in [1.29, 1.82) is 0 Å². The van der Waals surface area contributed by atoms with Gasteiger partial charge in [0.25, 0.3) is 5.91 Å². The van der Waals surface area contributed by atoms with E-state index < -0.39 is 0 Å². The second-order valence-electron chi connectivity index (χ2n) is 5.07. The molecule has 0 aliphatic carbocycles. The predicted molar refractivity (Wildman–Crippen MR) is 89.0 cm³/mol. The van der Waals surface area contributed by atoms with Crippen molar-refractivity contribution in [1.82, 2.24) is 19.6 Å². The van der Waals surface area contributed by atoms with Crippen LogP contribution in [0.3, 0.4) is 0 Å². The third-order valence-corrected chi connectivity index (χ3v) is 3.46. The second-order valence-corrected chi connectivity index (χ2v) is 5.50. The summed E-state index contributed by atoms with van der Waals surface area (Å²) in [6.45, 7) is 2.87. The molecular formula is C16H16ClN5O. The monoisotopic (exact) mass is 329 g/mol. The van der Waals surface area contributed by atoms with Crippen LogP contribution in [-0.2, 0) is 6.54 Å². The Balaban J connectivity index is 1.68. The van der Waals surface area contributed by atoms with E-state index in [1.54, 1.807) is 27.8 Å². The smallest absolute Gasteiger partial charge is 0.276 e. The Labute approximate surface area is 138 Å². The van der Waals surface area contributed by atoms with E-state index in [1.165, 1.54) is 0 Å². The van der Waals surface area contributed by atoms with Crippen LogP contribution in [0.4, 0.5) is 5.69 Å². The Bertz CT molecular complexity index is 806. The van der Waals surface area contributed by atoms with Crippen molar-refractivity contribution in [2.75, 3.05) is 5.32 Å². The van der Waals surface area contributed by atoms with Gasteiger partial charge in [0.15, 0.2) is 5.69 Å². The fourth-order valence-electron chi connectivity index (χ4n) is 2.17. The van der Waals surface area contributed by atoms with Crippen molar-refractivity contribution in [3.63, 3.8) is 0 Å². The van der Waals surface area contributed by atoms with Gasteiger partial charge in [0.2, 0.25) is 0 Å². The van der Waals surface area contributed by atoms with Crippen LogP contribution in [0.1, 0.15) is 23.8 Å². The van der Waals surface area contributed by atoms with Gasteiger partial charge < -0.3 is 5.32 Å². The summed E-state index contributed by atoms with van der Waals surface area (Å²) in [6, 6.07) is 9.05. The van der Waals surface area contributed by atoms with Crippen molar-refractivity contribution >= 4 is 23.2 Å². The molecule has 6 nitrogen and oxygen atoms in total. The van der Waals surface area contributed by atoms with Gasteiger partial charge in [0, 0.05) is 24.6 Å². The highest BCUT2D eigenvalue weighted by atomic mass is 35.5. The minimum Gasteiger partial charge on any atom is -0.321 e. The van der Waals surface area contributed by atoms with Crippen molar-refractivity contribution in [2.45, 2.75) is 19.9 Å². The van der Waals surface area contributed by atoms with Gasteiger partial charge in [-0.1, -0.05) is 18.5 Å². The first-order chi connectivity index (χ1) is 11.2. The molecule has 0 aliphatic heterocycles. The van der Waals surface area contributed by atoms with E-state index in [9.17, 15) is 4.79 Å². The van der Waals surface area contributed by atoms with Crippen molar-refractivity contribution < 1.29 is 4.79 Å². The summed E-state index contributed by atoms with van der Waals surface area (Å²) in [5.41, 5.74) is 1.96. The van der Waals surface area contributed by atoms with Gasteiger partial charge in [-0.3, -0.25) is 9.48 Å². The maximum absolute atomic E-state index is 12.2. The molecule has 0 radical (unpaired) electrons. The Morgan fingerprint density at radius 2 is 2.04 bits per heavy atom. The highest BCUT2D eigenvalue weighted by Gasteiger charge is 2.10. The largest absolute Gasteiger partial charge is 0.321 e. The summed E-state index contributed by atoms with van der Waals surface area (Å²) in [5, 5.41) is 11.8. The lowest BCUT2D eigenvalue weighted by molar-refractivity contribution is 0.102. The molecule has 1 aromatic carbocycles. The molecule has 3 aromatic rings. The van der Waals surface area contributed by atoms with Gasteiger partial charge in [-0.2, -0.15) is 10.2 Å². The molecule has 2 aromatic heterocycles. The maximum Gasteiger partial charge on any atom is 0.276 e. The summed E-state index contributed by atoms with van der Waals surface area (Å²) in [5.74, 6) is -0.227. The number of aromatic nitrogens is 4. The molecule has 0 saturated carbocycles. The molecule has 2 heterocycles. The number of hydrogen-bond acceptors (Lipinski definition) is 3. The lowest BCUT2D eigenvalue weighted by Gasteiger charge is -2.05. The lowest BCUT2D eigenvalue weighted by atomic mass is 10.2. The topological polar surface area (TPSA) is 64.7 Å². The average molecular weight is 330 g/mol. The molecular weight excluding hydrogens is 314 g/mol. The van der Waals surface area contributed by atoms with Crippen LogP contribution < -0.4 is 5.32 Å². The first-order valence-electron chi connectivity index (χ1n) is 7.31. The van der Waals surface area contributed by atoms with Crippen LogP contribution in [0.5, 0.6) is 0 Å². The molecule has 0 saturated heterocycles. The van der Waals surface area contributed by atoms with E-state index in [0.717, 1.165) is 18.7 Å². The number of benzene rings is 1. The first kappa shape index (κ1) is 15.3. The van der Waals surface area contributed by atoms with Crippen LogP contribution in [0.25, 0.3) is 5.69 Å². The molecule has 0 unspecified atom stereocenters. The summed E-state index contributed by atoms with van der Waals surface area (Å²) < 4.78 is 3.43. The number of amides is 1. The van der Waals surface area contributed by atoms with Gasteiger partial charge in [-0.15, -0.1) is 0 Å². The summed E-state index contributed by atoms with van der Waals surface area (Å²) in [6.07, 6.45) is 6.07. The molecule has 0 fully saturated rings. The van der Waals surface area contributed by atoms with E-state index in [-0.39, 0.29) is 5.91 Å². The summed E-state index contributed by atoms with van der Waals surface area (Å²) >= 11 is 5.85. The van der Waals surface area contributed by atoms with Crippen molar-refractivity contribution in [2.24, 2.45) is 0 Å². The fourth-order valence-corrected chi connectivity index (χ4v) is 2.31. The van der Waals surface area contributed by atoms with E-state index in [2.05, 4.69) is 22.4 Å². The summed E-state index contributed by atoms with van der Waals surface area (Å²) in [4.78, 5) is 12.2. The molecule has 118 valence electrons. The van der Waals surface area contributed by atoms with E-state index >= 15 is 0 Å². The number of anilines is 1. The molecule has 0 spiro atoms. The van der Waals surface area contributed by atoms with Gasteiger partial charge in [-0.25, -0.2) is 4.68 Å². The zero-order valence-corrected chi connectivity index (χ0v) is 13.4. The normalized spacial score (nSPS) is 10.7. The Kier molecular flexibility index (Phi) is 4.43. The van der Waals surface area contributed by atoms with Crippen molar-refractivity contribution in [3.8, 4) is 5.69 Å². The minimum absolute atomic E-state index is 0.227. The average Bonchev–Trinajstić information content (AvgIpc) is 3.18. The van der Waals surface area contributed by atoms with Gasteiger partial charge in [0.05, 0.1) is 16.9 Å². The van der Waals surface area contributed by atoms with Gasteiger partial charge >= 0.3 is 0 Å². The lowest BCUT2D eigenvalue weighted by Crippen LogP contribution is -2.13. The molecule has 7 heteroatoms. The van der Waals surface area contributed by atoms with Crippen LogP contribution in [0.15, 0.2) is 48.9 Å². The predicted octanol–water partition coefficient (Wildman–Crippen LogP) is 3.38. The number of rotatable bonds is 5. The molecule has 1 N–H and O–H groups in total. The van der Waals surface area contributed by atoms with Gasteiger partial charge in [-0.05, 0) is 36.8 Å². The first-order valence-corrected chi connectivity index (χ1v) is 7.69. The quantitative estimate of drug-likeness (QED) is 0.780. The van der Waals surface area contributed by atoms with Gasteiger partial charge in [0.1, 0.15) is 0 Å². The zero-order valence-electron chi connectivity index (χ0n) is 12.6. The van der Waals surface area contributed by atoms with Crippen LogP contribution in [0, 0.1) is 0 Å². The van der Waals surface area contributed by atoms with E-state index in [4.69, 9.17) is 11.6 Å². The number of aryl methyl sites for hydroxylation is 1. The number of carbonyl (C=O) groups is 1. The van der Waals surface area contributed by atoms with E-state index in [0.29, 0.717) is 16.4 Å². The summed E-state index contributed by atoms with van der Waals surface area (Å²) in [7, 11) is 0. The third kappa shape index (κ3) is 3.60. The van der Waals surface area contributed by atoms with Crippen LogP contribution >= 0.6 is 11.6 Å². The molecule has 0 aliphatic rings. The molecule has 23 heavy (non-hydrogen) atoms. The number of nitrogens with zero attached hydrogens (tertiary/aromatic N) is 4. The van der Waals surface area contributed by atoms with Crippen LogP contribution in [-0.4, -0.2) is 25.5 Å². The zero-order chi connectivity index (χ0) is 16.2. The fraction of sp³-hybridized carbons (Fsp3) is 0.188. The maximum atomic E-state index is 12.2. The SMILES string of the molecule is CCCn1ccc(C(=O)Nc2ccc(-n3cc(Cl)cn3)cc2)n1. The second kappa shape index (κ2) is 6.66. The number of carbonyl (C=O) groups excluding carboxylic acids is 1. The van der Waals surface area contributed by atoms with E-state index in [1.807, 2.05) is 30.5 Å². The molecule has 3 rings (SSSR count). The van der Waals surface area contributed by atoms with Crippen molar-refractivity contribution in [3.05, 3.63) is 59.6 Å². The number of hydrogen-bond donors (Lipinski definition) is 1. The Morgan fingerprint density at radius 3 is 2.70 bits per heavy atom. The molecule has 1 amide bonds.